The molecule has 1 saturated heterocycles. The van der Waals surface area contributed by atoms with Crippen LogP contribution in [0.2, 0.25) is 0 Å². The predicted molar refractivity (Wildman–Crippen MR) is 80.7 cm³/mol. The zero-order chi connectivity index (χ0) is 14.1. The molecule has 0 spiro atoms. The number of β-amino-alcohol motifs (C(OH)–C–C–N with tert-alkyl or cyclic N) is 1. The Labute approximate surface area is 120 Å². The number of benzene rings is 1. The number of hydrogen-bond acceptors (Lipinski definition) is 3. The highest BCUT2D eigenvalue weighted by Crippen LogP contribution is 2.30. The first kappa shape index (κ1) is 13.7. The van der Waals surface area contributed by atoms with Gasteiger partial charge >= 0.3 is 0 Å². The topological polar surface area (TPSA) is 36.6 Å². The summed E-state index contributed by atoms with van der Waals surface area (Å²) in [4.78, 5) is 2.43. The average molecular weight is 273 g/mol. The third kappa shape index (κ3) is 2.48. The zero-order valence-electron chi connectivity index (χ0n) is 12.2. The minimum Gasteiger partial charge on any atom is -0.458 e. The molecule has 1 aliphatic heterocycles. The second-order valence-corrected chi connectivity index (χ2v) is 5.89. The van der Waals surface area contributed by atoms with E-state index in [0.29, 0.717) is 24.4 Å². The van der Waals surface area contributed by atoms with E-state index >= 15 is 0 Å². The van der Waals surface area contributed by atoms with Gasteiger partial charge in [0.2, 0.25) is 0 Å². The van der Waals surface area contributed by atoms with Gasteiger partial charge in [-0.1, -0.05) is 25.1 Å². The van der Waals surface area contributed by atoms with Crippen LogP contribution in [0.4, 0.5) is 0 Å². The van der Waals surface area contributed by atoms with Crippen LogP contribution in [0.3, 0.4) is 0 Å². The minimum atomic E-state index is -0.544. The fourth-order valence-corrected chi connectivity index (χ4v) is 3.35. The molecule has 2 aromatic rings. The Kier molecular flexibility index (Phi) is 3.81. The van der Waals surface area contributed by atoms with Gasteiger partial charge in [0.05, 0.1) is 0 Å². The van der Waals surface area contributed by atoms with Gasteiger partial charge in [0.15, 0.2) is 0 Å². The SMILES string of the molecule is CCC1CCC(C)N1CC(O)c1cc2ccccc2o1. The van der Waals surface area contributed by atoms with Crippen LogP contribution in [0.25, 0.3) is 11.0 Å². The maximum absolute atomic E-state index is 10.5. The summed E-state index contributed by atoms with van der Waals surface area (Å²) in [7, 11) is 0. The highest BCUT2D eigenvalue weighted by molar-refractivity contribution is 5.77. The molecule has 0 bridgehead atoms. The zero-order valence-corrected chi connectivity index (χ0v) is 12.2. The second kappa shape index (κ2) is 5.58. The van der Waals surface area contributed by atoms with Gasteiger partial charge in [-0.2, -0.15) is 0 Å². The van der Waals surface area contributed by atoms with E-state index in [0.717, 1.165) is 17.4 Å². The van der Waals surface area contributed by atoms with E-state index in [9.17, 15) is 5.11 Å². The van der Waals surface area contributed by atoms with Crippen molar-refractivity contribution in [1.82, 2.24) is 4.90 Å². The summed E-state index contributed by atoms with van der Waals surface area (Å²) in [5, 5.41) is 11.5. The van der Waals surface area contributed by atoms with Gasteiger partial charge in [-0.15, -0.1) is 0 Å². The van der Waals surface area contributed by atoms with Crippen molar-refractivity contribution < 1.29 is 9.52 Å². The Morgan fingerprint density at radius 2 is 2.15 bits per heavy atom. The summed E-state index contributed by atoms with van der Waals surface area (Å²) in [6.45, 7) is 5.14. The Bertz CT molecular complexity index is 544. The number of aliphatic hydroxyl groups excluding tert-OH is 1. The van der Waals surface area contributed by atoms with Gasteiger partial charge in [-0.05, 0) is 38.3 Å². The smallest absolute Gasteiger partial charge is 0.135 e. The molecule has 108 valence electrons. The number of para-hydroxylation sites is 1. The largest absolute Gasteiger partial charge is 0.458 e. The highest BCUT2D eigenvalue weighted by Gasteiger charge is 2.31. The molecule has 2 heterocycles. The molecule has 20 heavy (non-hydrogen) atoms. The summed E-state index contributed by atoms with van der Waals surface area (Å²) < 4.78 is 5.77. The number of rotatable bonds is 4. The first-order valence-corrected chi connectivity index (χ1v) is 7.61. The molecule has 3 nitrogen and oxygen atoms in total. The van der Waals surface area contributed by atoms with Crippen molar-refractivity contribution in [3.63, 3.8) is 0 Å². The van der Waals surface area contributed by atoms with Crippen molar-refractivity contribution in [3.8, 4) is 0 Å². The summed E-state index contributed by atoms with van der Waals surface area (Å²) in [6.07, 6.45) is 3.07. The van der Waals surface area contributed by atoms with Gasteiger partial charge in [0, 0.05) is 24.0 Å². The molecule has 1 aliphatic rings. The van der Waals surface area contributed by atoms with Crippen LogP contribution in [0.15, 0.2) is 34.7 Å². The molecule has 0 saturated carbocycles. The summed E-state index contributed by atoms with van der Waals surface area (Å²) in [5.41, 5.74) is 0.850. The van der Waals surface area contributed by atoms with Crippen molar-refractivity contribution in [2.75, 3.05) is 6.54 Å². The fourth-order valence-electron chi connectivity index (χ4n) is 3.35. The van der Waals surface area contributed by atoms with E-state index in [1.807, 2.05) is 30.3 Å². The lowest BCUT2D eigenvalue weighted by Gasteiger charge is -2.29. The average Bonchev–Trinajstić information content (AvgIpc) is 3.03. The Morgan fingerprint density at radius 1 is 1.35 bits per heavy atom. The number of likely N-dealkylation sites (tertiary alicyclic amines) is 1. The molecule has 3 heteroatoms. The first-order chi connectivity index (χ1) is 9.69. The molecular weight excluding hydrogens is 250 g/mol. The molecule has 1 N–H and O–H groups in total. The van der Waals surface area contributed by atoms with Gasteiger partial charge in [-0.3, -0.25) is 4.90 Å². The maximum Gasteiger partial charge on any atom is 0.135 e. The Balaban J connectivity index is 1.76. The molecular formula is C17H23NO2. The van der Waals surface area contributed by atoms with Crippen LogP contribution in [-0.2, 0) is 0 Å². The van der Waals surface area contributed by atoms with Crippen LogP contribution in [-0.4, -0.2) is 28.6 Å². The van der Waals surface area contributed by atoms with Crippen LogP contribution >= 0.6 is 0 Å². The number of nitrogens with zero attached hydrogens (tertiary/aromatic N) is 1. The van der Waals surface area contributed by atoms with Gasteiger partial charge in [0.25, 0.3) is 0 Å². The standard InChI is InChI=1S/C17H23NO2/c1-3-14-9-8-12(2)18(14)11-15(19)17-10-13-6-4-5-7-16(13)20-17/h4-7,10,12,14-15,19H,3,8-9,11H2,1-2H3. The summed E-state index contributed by atoms with van der Waals surface area (Å²) in [5.74, 6) is 0.681. The molecule has 0 amide bonds. The van der Waals surface area contributed by atoms with Gasteiger partial charge in [-0.25, -0.2) is 0 Å². The van der Waals surface area contributed by atoms with E-state index < -0.39 is 6.10 Å². The van der Waals surface area contributed by atoms with Gasteiger partial charge in [0.1, 0.15) is 17.4 Å². The van der Waals surface area contributed by atoms with E-state index in [1.54, 1.807) is 0 Å². The van der Waals surface area contributed by atoms with Crippen molar-refractivity contribution >= 4 is 11.0 Å². The van der Waals surface area contributed by atoms with Crippen LogP contribution < -0.4 is 0 Å². The lowest BCUT2D eigenvalue weighted by molar-refractivity contribution is 0.0726. The van der Waals surface area contributed by atoms with Crippen molar-refractivity contribution in [2.24, 2.45) is 0 Å². The van der Waals surface area contributed by atoms with Crippen LogP contribution in [0, 0.1) is 0 Å². The molecule has 3 rings (SSSR count). The Morgan fingerprint density at radius 3 is 2.90 bits per heavy atom. The summed E-state index contributed by atoms with van der Waals surface area (Å²) in [6, 6.07) is 11.0. The van der Waals surface area contributed by atoms with E-state index in [-0.39, 0.29) is 0 Å². The van der Waals surface area contributed by atoms with Crippen molar-refractivity contribution in [2.45, 2.75) is 51.3 Å². The summed E-state index contributed by atoms with van der Waals surface area (Å²) >= 11 is 0. The number of hydrogen-bond donors (Lipinski definition) is 1. The monoisotopic (exact) mass is 273 g/mol. The lowest BCUT2D eigenvalue weighted by Crippen LogP contribution is -2.37. The lowest BCUT2D eigenvalue weighted by atomic mass is 10.1. The van der Waals surface area contributed by atoms with Crippen molar-refractivity contribution in [1.29, 1.82) is 0 Å². The molecule has 3 atom stereocenters. The third-order valence-corrected chi connectivity index (χ3v) is 4.58. The first-order valence-electron chi connectivity index (χ1n) is 7.61. The maximum atomic E-state index is 10.5. The second-order valence-electron chi connectivity index (χ2n) is 5.89. The number of aliphatic hydroxyl groups is 1. The molecule has 3 unspecified atom stereocenters. The Hall–Kier alpha value is -1.32. The quantitative estimate of drug-likeness (QED) is 0.922. The normalized spacial score (nSPS) is 25.4. The third-order valence-electron chi connectivity index (χ3n) is 4.58. The van der Waals surface area contributed by atoms with E-state index in [2.05, 4.69) is 18.7 Å². The molecule has 0 aliphatic carbocycles. The van der Waals surface area contributed by atoms with Gasteiger partial charge < -0.3 is 9.52 Å². The predicted octanol–water partition coefficient (Wildman–Crippen LogP) is 3.73. The number of fused-ring (bicyclic) bond motifs is 1. The van der Waals surface area contributed by atoms with Crippen molar-refractivity contribution in [3.05, 3.63) is 36.1 Å². The van der Waals surface area contributed by atoms with E-state index in [4.69, 9.17) is 4.42 Å². The molecule has 1 fully saturated rings. The fraction of sp³-hybridized carbons (Fsp3) is 0.529. The highest BCUT2D eigenvalue weighted by atomic mass is 16.4. The van der Waals surface area contributed by atoms with Crippen LogP contribution in [0.5, 0.6) is 0 Å². The van der Waals surface area contributed by atoms with E-state index in [1.165, 1.54) is 12.8 Å². The number of furan rings is 1. The van der Waals surface area contributed by atoms with Crippen LogP contribution in [0.1, 0.15) is 45.0 Å². The minimum absolute atomic E-state index is 0.544. The molecule has 0 radical (unpaired) electrons. The molecule has 1 aromatic carbocycles. The molecule has 1 aromatic heterocycles.